The predicted molar refractivity (Wildman–Crippen MR) is 123 cm³/mol. The topological polar surface area (TPSA) is 84.3 Å². The van der Waals surface area contributed by atoms with Gasteiger partial charge in [0.1, 0.15) is 11.9 Å². The number of aryl methyl sites for hydroxylation is 2. The molecule has 32 heavy (non-hydrogen) atoms. The van der Waals surface area contributed by atoms with Crippen molar-refractivity contribution in [1.29, 1.82) is 0 Å². The Balaban J connectivity index is 1.65. The molecule has 1 atom stereocenters. The number of aromatic nitrogens is 2. The molecule has 1 fully saturated rings. The Kier molecular flexibility index (Phi) is 6.43. The molecule has 168 valence electrons. The van der Waals surface area contributed by atoms with Gasteiger partial charge in [-0.3, -0.25) is 4.79 Å². The van der Waals surface area contributed by atoms with E-state index in [4.69, 9.17) is 0 Å². The number of nitrogens with zero attached hydrogens (tertiary/aromatic N) is 3. The number of carbonyl (C=O) groups is 1. The quantitative estimate of drug-likeness (QED) is 0.621. The molecule has 0 aliphatic carbocycles. The maximum Gasteiger partial charge on any atom is 0.252 e. The number of sulfonamides is 1. The van der Waals surface area contributed by atoms with Crippen molar-refractivity contribution in [1.82, 2.24) is 19.2 Å². The molecule has 0 saturated carbocycles. The average molecular weight is 453 g/mol. The summed E-state index contributed by atoms with van der Waals surface area (Å²) in [5.74, 6) is 0.342. The zero-order valence-electron chi connectivity index (χ0n) is 18.4. The van der Waals surface area contributed by atoms with E-state index in [1.807, 2.05) is 48.1 Å². The van der Waals surface area contributed by atoms with Crippen LogP contribution in [0.3, 0.4) is 0 Å². The van der Waals surface area contributed by atoms with Gasteiger partial charge in [0.15, 0.2) is 0 Å². The molecule has 1 saturated heterocycles. The molecule has 0 radical (unpaired) electrons. The minimum absolute atomic E-state index is 0.195. The Morgan fingerprint density at radius 1 is 1.06 bits per heavy atom. The standard InChI is InChI=1S/C24H28N4O3S/c1-18-11-12-20(17-21(18)32(30,31)28-14-7-4-8-15-28)24(29)26-22(19-9-5-3-6-10-19)23-25-13-16-27(23)2/h3,5-6,9-13,16-17,22H,4,7-8,14-15H2,1-2H3,(H,26,29)/t22-/m1/s1. The predicted octanol–water partition coefficient (Wildman–Crippen LogP) is 3.42. The van der Waals surface area contributed by atoms with Crippen LogP contribution in [0.4, 0.5) is 0 Å². The fourth-order valence-electron chi connectivity index (χ4n) is 4.08. The fourth-order valence-corrected chi connectivity index (χ4v) is 5.84. The second-order valence-corrected chi connectivity index (χ2v) is 10.1. The van der Waals surface area contributed by atoms with E-state index in [1.54, 1.807) is 25.3 Å². The highest BCUT2D eigenvalue weighted by Gasteiger charge is 2.29. The molecule has 4 rings (SSSR count). The summed E-state index contributed by atoms with van der Waals surface area (Å²) in [5, 5.41) is 3.04. The normalized spacial score (nSPS) is 15.9. The Morgan fingerprint density at radius 2 is 1.78 bits per heavy atom. The number of hydrogen-bond acceptors (Lipinski definition) is 4. The minimum atomic E-state index is -3.64. The van der Waals surface area contributed by atoms with Crippen LogP contribution in [0, 0.1) is 6.92 Å². The van der Waals surface area contributed by atoms with Gasteiger partial charge in [-0.05, 0) is 43.0 Å². The van der Waals surface area contributed by atoms with E-state index < -0.39 is 16.1 Å². The lowest BCUT2D eigenvalue weighted by atomic mass is 10.0. The number of rotatable bonds is 6. The highest BCUT2D eigenvalue weighted by atomic mass is 32.2. The Hall–Kier alpha value is -2.97. The number of benzene rings is 2. The van der Waals surface area contributed by atoms with Crippen LogP contribution in [0.2, 0.25) is 0 Å². The van der Waals surface area contributed by atoms with E-state index in [-0.39, 0.29) is 10.8 Å². The summed E-state index contributed by atoms with van der Waals surface area (Å²) in [7, 11) is -1.77. The minimum Gasteiger partial charge on any atom is -0.338 e. The second kappa shape index (κ2) is 9.26. The van der Waals surface area contributed by atoms with E-state index in [2.05, 4.69) is 10.3 Å². The number of hydrogen-bond donors (Lipinski definition) is 1. The van der Waals surface area contributed by atoms with Crippen LogP contribution in [0.1, 0.15) is 52.6 Å². The Labute approximate surface area is 189 Å². The lowest BCUT2D eigenvalue weighted by Crippen LogP contribution is -2.36. The zero-order valence-corrected chi connectivity index (χ0v) is 19.2. The number of nitrogens with one attached hydrogen (secondary N) is 1. The summed E-state index contributed by atoms with van der Waals surface area (Å²) < 4.78 is 29.9. The third kappa shape index (κ3) is 4.47. The van der Waals surface area contributed by atoms with E-state index >= 15 is 0 Å². The Morgan fingerprint density at radius 3 is 2.44 bits per heavy atom. The van der Waals surface area contributed by atoms with E-state index in [9.17, 15) is 13.2 Å². The molecule has 3 aromatic rings. The molecular weight excluding hydrogens is 424 g/mol. The molecule has 1 aliphatic heterocycles. The molecule has 2 heterocycles. The third-order valence-corrected chi connectivity index (χ3v) is 7.95. The maximum absolute atomic E-state index is 13.2. The summed E-state index contributed by atoms with van der Waals surface area (Å²) in [5.41, 5.74) is 1.83. The first-order chi connectivity index (χ1) is 15.4. The second-order valence-electron chi connectivity index (χ2n) is 8.16. The average Bonchev–Trinajstić information content (AvgIpc) is 3.24. The van der Waals surface area contributed by atoms with Gasteiger partial charge in [0.25, 0.3) is 5.91 Å². The van der Waals surface area contributed by atoms with Crippen LogP contribution < -0.4 is 5.32 Å². The van der Waals surface area contributed by atoms with Crippen molar-refractivity contribution in [3.63, 3.8) is 0 Å². The molecule has 1 N–H and O–H groups in total. The van der Waals surface area contributed by atoms with Crippen molar-refractivity contribution in [3.05, 3.63) is 83.4 Å². The number of imidazole rings is 1. The van der Waals surface area contributed by atoms with Crippen LogP contribution in [0.5, 0.6) is 0 Å². The van der Waals surface area contributed by atoms with Crippen molar-refractivity contribution < 1.29 is 13.2 Å². The smallest absolute Gasteiger partial charge is 0.252 e. The van der Waals surface area contributed by atoms with E-state index in [1.165, 1.54) is 10.4 Å². The van der Waals surface area contributed by atoms with Crippen molar-refractivity contribution in [2.24, 2.45) is 7.05 Å². The maximum atomic E-state index is 13.2. The molecule has 0 unspecified atom stereocenters. The first-order valence-electron chi connectivity index (χ1n) is 10.8. The highest BCUT2D eigenvalue weighted by Crippen LogP contribution is 2.26. The van der Waals surface area contributed by atoms with Crippen LogP contribution in [0.15, 0.2) is 65.8 Å². The lowest BCUT2D eigenvalue weighted by molar-refractivity contribution is 0.0941. The summed E-state index contributed by atoms with van der Waals surface area (Å²) in [6.07, 6.45) is 6.28. The van der Waals surface area contributed by atoms with Crippen molar-refractivity contribution >= 4 is 15.9 Å². The van der Waals surface area contributed by atoms with Crippen LogP contribution in [-0.2, 0) is 17.1 Å². The first kappa shape index (κ1) is 22.2. The highest BCUT2D eigenvalue weighted by molar-refractivity contribution is 7.89. The van der Waals surface area contributed by atoms with Gasteiger partial charge >= 0.3 is 0 Å². The van der Waals surface area contributed by atoms with Crippen LogP contribution >= 0.6 is 0 Å². The van der Waals surface area contributed by atoms with Gasteiger partial charge in [-0.25, -0.2) is 13.4 Å². The molecule has 0 bridgehead atoms. The monoisotopic (exact) mass is 452 g/mol. The number of amides is 1. The zero-order chi connectivity index (χ0) is 22.7. The molecule has 1 amide bonds. The van der Waals surface area contributed by atoms with Gasteiger partial charge in [0, 0.05) is 38.1 Å². The van der Waals surface area contributed by atoms with Crippen LogP contribution in [-0.4, -0.2) is 41.3 Å². The van der Waals surface area contributed by atoms with Gasteiger partial charge in [0.05, 0.1) is 4.90 Å². The SMILES string of the molecule is Cc1ccc(C(=O)N[C@H](c2ccccc2)c2nccn2C)cc1S(=O)(=O)N1CCCCC1. The van der Waals surface area contributed by atoms with Gasteiger partial charge in [0.2, 0.25) is 10.0 Å². The van der Waals surface area contributed by atoms with E-state index in [0.717, 1.165) is 24.8 Å². The van der Waals surface area contributed by atoms with Crippen molar-refractivity contribution in [2.75, 3.05) is 13.1 Å². The van der Waals surface area contributed by atoms with Gasteiger partial charge in [-0.1, -0.05) is 42.8 Å². The summed E-state index contributed by atoms with van der Waals surface area (Å²) >= 11 is 0. The molecular formula is C24H28N4O3S. The fraction of sp³-hybridized carbons (Fsp3) is 0.333. The Bertz CT molecular complexity index is 1200. The van der Waals surface area contributed by atoms with Crippen molar-refractivity contribution in [2.45, 2.75) is 37.1 Å². The molecule has 0 spiro atoms. The molecule has 1 aromatic heterocycles. The van der Waals surface area contributed by atoms with Crippen molar-refractivity contribution in [3.8, 4) is 0 Å². The lowest BCUT2D eigenvalue weighted by Gasteiger charge is -2.26. The van der Waals surface area contributed by atoms with Crippen LogP contribution in [0.25, 0.3) is 0 Å². The summed E-state index contributed by atoms with van der Waals surface area (Å²) in [6, 6.07) is 14.0. The summed E-state index contributed by atoms with van der Waals surface area (Å²) in [6.45, 7) is 2.81. The largest absolute Gasteiger partial charge is 0.338 e. The van der Waals surface area contributed by atoms with Gasteiger partial charge in [-0.2, -0.15) is 4.31 Å². The molecule has 1 aliphatic rings. The number of carbonyl (C=O) groups excluding carboxylic acids is 1. The van der Waals surface area contributed by atoms with Gasteiger partial charge < -0.3 is 9.88 Å². The van der Waals surface area contributed by atoms with Gasteiger partial charge in [-0.15, -0.1) is 0 Å². The van der Waals surface area contributed by atoms with E-state index in [0.29, 0.717) is 30.0 Å². The third-order valence-electron chi connectivity index (χ3n) is 5.91. The number of piperidine rings is 1. The molecule has 8 heteroatoms. The molecule has 2 aromatic carbocycles. The summed E-state index contributed by atoms with van der Waals surface area (Å²) in [4.78, 5) is 17.9. The first-order valence-corrected chi connectivity index (χ1v) is 12.3. The molecule has 7 nitrogen and oxygen atoms in total.